The van der Waals surface area contributed by atoms with Gasteiger partial charge in [-0.1, -0.05) is 6.07 Å². The summed E-state index contributed by atoms with van der Waals surface area (Å²) in [5.41, 5.74) is -0.349. The highest BCUT2D eigenvalue weighted by Gasteiger charge is 2.15. The van der Waals surface area contributed by atoms with E-state index < -0.39 is 9.84 Å². The molecule has 0 atom stereocenters. The largest absolute Gasteiger partial charge is 0.494 e. The first-order valence-electron chi connectivity index (χ1n) is 6.09. The second-order valence-electron chi connectivity index (χ2n) is 5.19. The third-order valence-electron chi connectivity index (χ3n) is 2.75. The Balaban J connectivity index is 2.54. The molecule has 1 rings (SSSR count). The fraction of sp³-hybridized carbons (Fsp3) is 0.500. The van der Waals surface area contributed by atoms with E-state index in [9.17, 15) is 8.42 Å². The molecular weight excluding hydrogens is 262 g/mol. The van der Waals surface area contributed by atoms with Gasteiger partial charge in [-0.3, -0.25) is 0 Å². The molecule has 19 heavy (non-hydrogen) atoms. The maximum absolute atomic E-state index is 11.4. The van der Waals surface area contributed by atoms with Gasteiger partial charge < -0.3 is 4.74 Å². The summed E-state index contributed by atoms with van der Waals surface area (Å²) in [6.07, 6.45) is 2.67. The standard InChI is InChI=1S/C14H19NO3S/c1-14(2,11-15)8-5-9-18-12-6-4-7-13(10-12)19(3,16)17/h4,6-7,10H,5,8-9H2,1-3H3. The van der Waals surface area contributed by atoms with Crippen molar-refractivity contribution in [3.63, 3.8) is 0 Å². The van der Waals surface area contributed by atoms with Gasteiger partial charge in [0.25, 0.3) is 0 Å². The Morgan fingerprint density at radius 2 is 2.05 bits per heavy atom. The zero-order chi connectivity index (χ0) is 14.5. The molecule has 4 nitrogen and oxygen atoms in total. The number of hydrogen-bond donors (Lipinski definition) is 0. The summed E-state index contributed by atoms with van der Waals surface area (Å²) in [5.74, 6) is 0.540. The van der Waals surface area contributed by atoms with Crippen molar-refractivity contribution in [3.05, 3.63) is 24.3 Å². The number of benzene rings is 1. The topological polar surface area (TPSA) is 67.2 Å². The van der Waals surface area contributed by atoms with E-state index in [4.69, 9.17) is 10.00 Å². The van der Waals surface area contributed by atoms with E-state index in [0.717, 1.165) is 12.8 Å². The van der Waals surface area contributed by atoms with Crippen molar-refractivity contribution in [3.8, 4) is 11.8 Å². The van der Waals surface area contributed by atoms with Gasteiger partial charge in [-0.05, 0) is 44.9 Å². The van der Waals surface area contributed by atoms with Gasteiger partial charge in [-0.25, -0.2) is 8.42 Å². The van der Waals surface area contributed by atoms with Crippen molar-refractivity contribution in [2.75, 3.05) is 12.9 Å². The van der Waals surface area contributed by atoms with Crippen molar-refractivity contribution in [1.29, 1.82) is 5.26 Å². The number of rotatable bonds is 6. The van der Waals surface area contributed by atoms with Crippen molar-refractivity contribution >= 4 is 9.84 Å². The second kappa shape index (κ2) is 6.07. The molecule has 0 fully saturated rings. The van der Waals surface area contributed by atoms with E-state index in [1.165, 1.54) is 12.3 Å². The lowest BCUT2D eigenvalue weighted by molar-refractivity contribution is 0.283. The molecule has 0 aliphatic carbocycles. The summed E-state index contributed by atoms with van der Waals surface area (Å²) < 4.78 is 28.3. The van der Waals surface area contributed by atoms with Crippen molar-refractivity contribution < 1.29 is 13.2 Å². The van der Waals surface area contributed by atoms with Crippen LogP contribution in [0.2, 0.25) is 0 Å². The maximum Gasteiger partial charge on any atom is 0.175 e. The van der Waals surface area contributed by atoms with Crippen LogP contribution in [-0.2, 0) is 9.84 Å². The molecule has 1 aromatic carbocycles. The fourth-order valence-corrected chi connectivity index (χ4v) is 2.21. The van der Waals surface area contributed by atoms with Gasteiger partial charge in [-0.15, -0.1) is 0 Å². The molecule has 0 aromatic heterocycles. The quantitative estimate of drug-likeness (QED) is 0.752. The third kappa shape index (κ3) is 5.31. The zero-order valence-electron chi connectivity index (χ0n) is 11.5. The highest BCUT2D eigenvalue weighted by molar-refractivity contribution is 7.90. The van der Waals surface area contributed by atoms with E-state index in [-0.39, 0.29) is 10.3 Å². The molecule has 0 N–H and O–H groups in total. The molecule has 0 heterocycles. The van der Waals surface area contributed by atoms with E-state index in [1.54, 1.807) is 18.2 Å². The van der Waals surface area contributed by atoms with E-state index in [0.29, 0.717) is 12.4 Å². The van der Waals surface area contributed by atoms with Gasteiger partial charge in [0, 0.05) is 6.26 Å². The highest BCUT2D eigenvalue weighted by Crippen LogP contribution is 2.22. The number of sulfone groups is 1. The van der Waals surface area contributed by atoms with E-state index in [1.807, 2.05) is 13.8 Å². The van der Waals surface area contributed by atoms with Gasteiger partial charge in [0.1, 0.15) is 5.75 Å². The van der Waals surface area contributed by atoms with Crippen LogP contribution in [0, 0.1) is 16.7 Å². The van der Waals surface area contributed by atoms with Crippen molar-refractivity contribution in [2.45, 2.75) is 31.6 Å². The van der Waals surface area contributed by atoms with Crippen molar-refractivity contribution in [1.82, 2.24) is 0 Å². The average molecular weight is 281 g/mol. The molecule has 1 aromatic rings. The first-order chi connectivity index (χ1) is 8.74. The van der Waals surface area contributed by atoms with Crippen LogP contribution in [0.3, 0.4) is 0 Å². The second-order valence-corrected chi connectivity index (χ2v) is 7.21. The Hall–Kier alpha value is -1.54. The molecule has 0 spiro atoms. The summed E-state index contributed by atoms with van der Waals surface area (Å²) >= 11 is 0. The normalized spacial score (nSPS) is 11.9. The molecule has 0 bridgehead atoms. The first-order valence-corrected chi connectivity index (χ1v) is 7.98. The summed E-state index contributed by atoms with van der Waals surface area (Å²) in [6.45, 7) is 4.24. The Bertz CT molecular complexity index is 571. The lowest BCUT2D eigenvalue weighted by Gasteiger charge is -2.14. The molecule has 0 aliphatic heterocycles. The Labute approximate surface area is 114 Å². The molecule has 0 saturated heterocycles. The molecule has 0 aliphatic rings. The van der Waals surface area contributed by atoms with Gasteiger partial charge in [0.2, 0.25) is 0 Å². The van der Waals surface area contributed by atoms with Crippen LogP contribution in [0.5, 0.6) is 5.75 Å². The van der Waals surface area contributed by atoms with Crippen LogP contribution in [0.4, 0.5) is 0 Å². The zero-order valence-corrected chi connectivity index (χ0v) is 12.3. The maximum atomic E-state index is 11.4. The molecule has 0 amide bonds. The molecule has 0 unspecified atom stereocenters. The van der Waals surface area contributed by atoms with Crippen molar-refractivity contribution in [2.24, 2.45) is 5.41 Å². The smallest absolute Gasteiger partial charge is 0.175 e. The van der Waals surface area contributed by atoms with Crippen LogP contribution in [0.25, 0.3) is 0 Å². The molecule has 0 radical (unpaired) electrons. The Kier molecular flexibility index (Phi) is 4.96. The number of nitrogens with zero attached hydrogens (tertiary/aromatic N) is 1. The van der Waals surface area contributed by atoms with E-state index >= 15 is 0 Å². The monoisotopic (exact) mass is 281 g/mol. The van der Waals surface area contributed by atoms with E-state index in [2.05, 4.69) is 6.07 Å². The fourth-order valence-electron chi connectivity index (χ4n) is 1.55. The number of nitriles is 1. The van der Waals surface area contributed by atoms with Gasteiger partial charge in [-0.2, -0.15) is 5.26 Å². The average Bonchev–Trinajstić information content (AvgIpc) is 2.34. The summed E-state index contributed by atoms with van der Waals surface area (Å²) in [7, 11) is -3.21. The van der Waals surface area contributed by atoms with Gasteiger partial charge in [0.15, 0.2) is 9.84 Å². The Morgan fingerprint density at radius 3 is 2.63 bits per heavy atom. The summed E-state index contributed by atoms with van der Waals surface area (Å²) in [6, 6.07) is 8.68. The van der Waals surface area contributed by atoms with Gasteiger partial charge >= 0.3 is 0 Å². The van der Waals surface area contributed by atoms with Crippen LogP contribution >= 0.6 is 0 Å². The van der Waals surface area contributed by atoms with Crippen LogP contribution < -0.4 is 4.74 Å². The van der Waals surface area contributed by atoms with Gasteiger partial charge in [0.05, 0.1) is 23.0 Å². The van der Waals surface area contributed by atoms with Crippen LogP contribution in [-0.4, -0.2) is 21.3 Å². The Morgan fingerprint density at radius 1 is 1.37 bits per heavy atom. The molecule has 104 valence electrons. The minimum atomic E-state index is -3.21. The molecule has 5 heteroatoms. The lowest BCUT2D eigenvalue weighted by Crippen LogP contribution is -2.10. The molecule has 0 saturated carbocycles. The summed E-state index contributed by atoms with van der Waals surface area (Å²) in [5, 5.41) is 8.88. The van der Waals surface area contributed by atoms with Crippen LogP contribution in [0.1, 0.15) is 26.7 Å². The predicted octanol–water partition coefficient (Wildman–Crippen LogP) is 2.80. The lowest BCUT2D eigenvalue weighted by atomic mass is 9.90. The first kappa shape index (κ1) is 15.5. The minimum absolute atomic E-state index is 0.252. The van der Waals surface area contributed by atoms with Crippen LogP contribution in [0.15, 0.2) is 29.2 Å². The SMILES string of the molecule is CC(C)(C#N)CCCOc1cccc(S(C)(=O)=O)c1. The summed E-state index contributed by atoms with van der Waals surface area (Å²) in [4.78, 5) is 0.252. The number of hydrogen-bond acceptors (Lipinski definition) is 4. The number of ether oxygens (including phenoxy) is 1. The minimum Gasteiger partial charge on any atom is -0.494 e. The predicted molar refractivity (Wildman–Crippen MR) is 73.7 cm³/mol. The third-order valence-corrected chi connectivity index (χ3v) is 3.86. The highest BCUT2D eigenvalue weighted by atomic mass is 32.2. The molecular formula is C14H19NO3S.